The molecule has 3 aromatic rings. The number of sulfone groups is 1. The number of fused-ring (bicyclic) bond motifs is 1. The fourth-order valence-corrected chi connectivity index (χ4v) is 4.98. The summed E-state index contributed by atoms with van der Waals surface area (Å²) < 4.78 is 30.7. The molecule has 5 nitrogen and oxygen atoms in total. The topological polar surface area (TPSA) is 63.7 Å². The van der Waals surface area contributed by atoms with Crippen molar-refractivity contribution in [1.82, 2.24) is 0 Å². The average Bonchev–Trinajstić information content (AvgIpc) is 2.74. The number of hydrogen-bond donors (Lipinski definition) is 0. The Balaban J connectivity index is 1.85. The molecule has 1 unspecified atom stereocenters. The van der Waals surface area contributed by atoms with E-state index in [1.54, 1.807) is 24.0 Å². The highest BCUT2D eigenvalue weighted by Gasteiger charge is 2.27. The summed E-state index contributed by atoms with van der Waals surface area (Å²) in [6.45, 7) is 4.02. The molecule has 0 saturated heterocycles. The lowest BCUT2D eigenvalue weighted by Crippen LogP contribution is -2.37. The Kier molecular flexibility index (Phi) is 6.23. The molecule has 0 radical (unpaired) electrons. The Labute approximate surface area is 171 Å². The second-order valence-electron chi connectivity index (χ2n) is 6.94. The number of hydrogen-bond acceptors (Lipinski definition) is 4. The molecule has 3 rings (SSSR count). The number of methoxy groups -OCH3 is 1. The van der Waals surface area contributed by atoms with Crippen molar-refractivity contribution < 1.29 is 17.9 Å². The predicted molar refractivity (Wildman–Crippen MR) is 116 cm³/mol. The Morgan fingerprint density at radius 1 is 1.00 bits per heavy atom. The van der Waals surface area contributed by atoms with Gasteiger partial charge in [-0.05, 0) is 42.6 Å². The highest BCUT2D eigenvalue weighted by atomic mass is 32.2. The van der Waals surface area contributed by atoms with Crippen LogP contribution in [0, 0.1) is 5.92 Å². The molecule has 0 aromatic heterocycles. The second kappa shape index (κ2) is 8.66. The summed E-state index contributed by atoms with van der Waals surface area (Å²) in [5, 5.41) is 2.00. The number of anilines is 1. The third-order valence-corrected chi connectivity index (χ3v) is 6.88. The van der Waals surface area contributed by atoms with Crippen LogP contribution in [0.4, 0.5) is 5.69 Å². The van der Waals surface area contributed by atoms with E-state index in [2.05, 4.69) is 0 Å². The van der Waals surface area contributed by atoms with Gasteiger partial charge in [0.15, 0.2) is 9.84 Å². The first kappa shape index (κ1) is 20.9. The van der Waals surface area contributed by atoms with Crippen LogP contribution < -0.4 is 9.64 Å². The molecular weight excluding hydrogens is 386 g/mol. The maximum Gasteiger partial charge on any atom is 0.230 e. The zero-order valence-electron chi connectivity index (χ0n) is 16.8. The molecule has 0 bridgehead atoms. The molecule has 0 fully saturated rings. The molecule has 0 aliphatic rings. The van der Waals surface area contributed by atoms with Gasteiger partial charge in [-0.15, -0.1) is 0 Å². The van der Waals surface area contributed by atoms with Crippen LogP contribution in [0.2, 0.25) is 0 Å². The van der Waals surface area contributed by atoms with Crippen molar-refractivity contribution in [2.75, 3.05) is 24.3 Å². The summed E-state index contributed by atoms with van der Waals surface area (Å²) in [4.78, 5) is 15.0. The minimum Gasteiger partial charge on any atom is -0.497 e. The van der Waals surface area contributed by atoms with Crippen LogP contribution in [0.25, 0.3) is 10.8 Å². The highest BCUT2D eigenvalue weighted by Crippen LogP contribution is 2.28. The first-order chi connectivity index (χ1) is 13.9. The van der Waals surface area contributed by atoms with Gasteiger partial charge in [-0.3, -0.25) is 4.79 Å². The minimum absolute atomic E-state index is 0.186. The number of ether oxygens (including phenoxy) is 1. The summed E-state index contributed by atoms with van der Waals surface area (Å²) >= 11 is 0. The summed E-state index contributed by atoms with van der Waals surface area (Å²) in [6.07, 6.45) is 0. The fourth-order valence-electron chi connectivity index (χ4n) is 3.43. The molecule has 0 spiro atoms. The van der Waals surface area contributed by atoms with Crippen molar-refractivity contribution in [3.8, 4) is 5.75 Å². The van der Waals surface area contributed by atoms with E-state index in [1.807, 2.05) is 49.4 Å². The van der Waals surface area contributed by atoms with Crippen molar-refractivity contribution in [1.29, 1.82) is 0 Å². The van der Waals surface area contributed by atoms with Crippen LogP contribution in [-0.4, -0.2) is 33.7 Å². The van der Waals surface area contributed by atoms with E-state index in [0.717, 1.165) is 16.5 Å². The van der Waals surface area contributed by atoms with Gasteiger partial charge in [0.05, 0.1) is 23.4 Å². The van der Waals surface area contributed by atoms with Crippen molar-refractivity contribution in [2.24, 2.45) is 5.92 Å². The maximum absolute atomic E-state index is 13.2. The summed E-state index contributed by atoms with van der Waals surface area (Å²) in [6, 6.07) is 19.9. The SMILES string of the molecule is CCN(C(=O)C(C)CS(=O)(=O)c1ccc(OC)cc1)c1cccc2ccccc12. The van der Waals surface area contributed by atoms with Gasteiger partial charge in [0.2, 0.25) is 5.91 Å². The predicted octanol–water partition coefficient (Wildman–Crippen LogP) is 4.31. The Morgan fingerprint density at radius 2 is 1.66 bits per heavy atom. The number of carbonyl (C=O) groups is 1. The standard InChI is InChI=1S/C23H25NO4S/c1-4-24(22-11-7-9-18-8-5-6-10-21(18)22)23(25)17(2)16-29(26,27)20-14-12-19(28-3)13-15-20/h5-15,17H,4,16H2,1-3H3. The van der Waals surface area contributed by atoms with Crippen molar-refractivity contribution >= 4 is 32.2 Å². The van der Waals surface area contributed by atoms with Crippen molar-refractivity contribution in [2.45, 2.75) is 18.7 Å². The van der Waals surface area contributed by atoms with E-state index >= 15 is 0 Å². The van der Waals surface area contributed by atoms with E-state index in [9.17, 15) is 13.2 Å². The monoisotopic (exact) mass is 411 g/mol. The highest BCUT2D eigenvalue weighted by molar-refractivity contribution is 7.91. The number of benzene rings is 3. The molecule has 0 aliphatic heterocycles. The lowest BCUT2D eigenvalue weighted by molar-refractivity contribution is -0.121. The smallest absolute Gasteiger partial charge is 0.230 e. The largest absolute Gasteiger partial charge is 0.497 e. The number of nitrogens with zero attached hydrogens (tertiary/aromatic N) is 1. The third kappa shape index (κ3) is 4.43. The van der Waals surface area contributed by atoms with Crippen molar-refractivity contribution in [3.05, 3.63) is 66.7 Å². The van der Waals surface area contributed by atoms with Gasteiger partial charge < -0.3 is 9.64 Å². The zero-order chi connectivity index (χ0) is 21.0. The van der Waals surface area contributed by atoms with Crippen molar-refractivity contribution in [3.63, 3.8) is 0 Å². The van der Waals surface area contributed by atoms with E-state index < -0.39 is 15.8 Å². The first-order valence-electron chi connectivity index (χ1n) is 9.53. The lowest BCUT2D eigenvalue weighted by Gasteiger charge is -2.26. The molecule has 29 heavy (non-hydrogen) atoms. The normalized spacial score (nSPS) is 12.5. The molecule has 3 aromatic carbocycles. The van der Waals surface area contributed by atoms with Crippen LogP contribution in [-0.2, 0) is 14.6 Å². The van der Waals surface area contributed by atoms with E-state index in [0.29, 0.717) is 12.3 Å². The summed E-state index contributed by atoms with van der Waals surface area (Å²) in [5.74, 6) is -0.553. The molecular formula is C23H25NO4S. The van der Waals surface area contributed by atoms with Gasteiger partial charge >= 0.3 is 0 Å². The maximum atomic E-state index is 13.2. The van der Waals surface area contributed by atoms with Crippen LogP contribution in [0.1, 0.15) is 13.8 Å². The molecule has 0 aliphatic carbocycles. The number of amides is 1. The minimum atomic E-state index is -3.60. The van der Waals surface area contributed by atoms with Crippen LogP contribution in [0.3, 0.4) is 0 Å². The fraction of sp³-hybridized carbons (Fsp3) is 0.261. The molecule has 0 N–H and O–H groups in total. The molecule has 1 amide bonds. The number of carbonyl (C=O) groups excluding carboxylic acids is 1. The lowest BCUT2D eigenvalue weighted by atomic mass is 10.1. The summed E-state index contributed by atoms with van der Waals surface area (Å²) in [7, 11) is -2.07. The average molecular weight is 412 g/mol. The van der Waals surface area contributed by atoms with Gasteiger partial charge in [-0.1, -0.05) is 43.3 Å². The van der Waals surface area contributed by atoms with Crippen LogP contribution in [0.15, 0.2) is 71.6 Å². The van der Waals surface area contributed by atoms with Gasteiger partial charge in [-0.2, -0.15) is 0 Å². The number of rotatable bonds is 7. The molecule has 6 heteroatoms. The Morgan fingerprint density at radius 3 is 2.31 bits per heavy atom. The molecule has 0 heterocycles. The van der Waals surface area contributed by atoms with Gasteiger partial charge in [0.25, 0.3) is 0 Å². The van der Waals surface area contributed by atoms with E-state index in [-0.39, 0.29) is 16.6 Å². The summed E-state index contributed by atoms with van der Waals surface area (Å²) in [5.41, 5.74) is 0.796. The zero-order valence-corrected chi connectivity index (χ0v) is 17.6. The molecule has 1 atom stereocenters. The third-order valence-electron chi connectivity index (χ3n) is 4.95. The van der Waals surface area contributed by atoms with Gasteiger partial charge in [-0.25, -0.2) is 8.42 Å². The van der Waals surface area contributed by atoms with Gasteiger partial charge in [0.1, 0.15) is 5.75 Å². The van der Waals surface area contributed by atoms with Crippen LogP contribution in [0.5, 0.6) is 5.75 Å². The Bertz CT molecular complexity index is 1100. The van der Waals surface area contributed by atoms with E-state index in [4.69, 9.17) is 4.74 Å². The van der Waals surface area contributed by atoms with Gasteiger partial charge in [0, 0.05) is 17.8 Å². The quantitative estimate of drug-likeness (QED) is 0.581. The Hall–Kier alpha value is -2.86. The first-order valence-corrected chi connectivity index (χ1v) is 11.2. The second-order valence-corrected chi connectivity index (χ2v) is 8.97. The molecule has 0 saturated carbocycles. The van der Waals surface area contributed by atoms with E-state index in [1.165, 1.54) is 19.2 Å². The molecule has 152 valence electrons. The van der Waals surface area contributed by atoms with Crippen LogP contribution >= 0.6 is 0 Å².